The Morgan fingerprint density at radius 1 is 1.22 bits per heavy atom. The highest BCUT2D eigenvalue weighted by atomic mass is 35.5. The van der Waals surface area contributed by atoms with Crippen molar-refractivity contribution in [3.8, 4) is 0 Å². The van der Waals surface area contributed by atoms with Crippen LogP contribution in [0.4, 0.5) is 10.2 Å². The number of esters is 1. The molecule has 3 aromatic rings. The summed E-state index contributed by atoms with van der Waals surface area (Å²) in [5, 5.41) is 3.64. The van der Waals surface area contributed by atoms with Gasteiger partial charge in [0.1, 0.15) is 10.7 Å². The number of halogens is 4. The fourth-order valence-electron chi connectivity index (χ4n) is 2.18. The Hall–Kier alpha value is -1.93. The van der Waals surface area contributed by atoms with Crippen molar-refractivity contribution in [2.75, 3.05) is 11.9 Å². The third-order valence-electron chi connectivity index (χ3n) is 3.47. The van der Waals surface area contributed by atoms with Crippen molar-refractivity contribution in [2.45, 2.75) is 6.92 Å². The van der Waals surface area contributed by atoms with E-state index >= 15 is 0 Å². The lowest BCUT2D eigenvalue weighted by molar-refractivity contribution is -0.119. The summed E-state index contributed by atoms with van der Waals surface area (Å²) in [5.74, 6) is -1.76. The van der Waals surface area contributed by atoms with Crippen molar-refractivity contribution in [2.24, 2.45) is 0 Å². The van der Waals surface area contributed by atoms with Crippen molar-refractivity contribution >= 4 is 73.9 Å². The van der Waals surface area contributed by atoms with Gasteiger partial charge in [0.05, 0.1) is 20.8 Å². The summed E-state index contributed by atoms with van der Waals surface area (Å²) >= 11 is 19.0. The van der Waals surface area contributed by atoms with Crippen molar-refractivity contribution in [1.29, 1.82) is 0 Å². The molecule has 0 spiro atoms. The smallest absolute Gasteiger partial charge is 0.350 e. The lowest BCUT2D eigenvalue weighted by atomic mass is 10.2. The van der Waals surface area contributed by atoms with E-state index in [2.05, 4.69) is 10.3 Å². The number of nitrogens with zero attached hydrogens (tertiary/aromatic N) is 1. The lowest BCUT2D eigenvalue weighted by Crippen LogP contribution is -2.21. The first-order valence-corrected chi connectivity index (χ1v) is 9.38. The molecule has 1 N–H and O–H groups in total. The SMILES string of the molecule is Cc1nc(NC(=O)COC(=O)c2sc3cc(F)ccc3c2Cl)c(Cl)cc1Cl. The fourth-order valence-corrected chi connectivity index (χ4v) is 4.01. The second kappa shape index (κ2) is 7.98. The molecule has 0 unspecified atom stereocenters. The van der Waals surface area contributed by atoms with Gasteiger partial charge in [0.15, 0.2) is 12.4 Å². The van der Waals surface area contributed by atoms with Crippen LogP contribution < -0.4 is 5.32 Å². The van der Waals surface area contributed by atoms with Gasteiger partial charge in [-0.15, -0.1) is 11.3 Å². The molecule has 140 valence electrons. The Morgan fingerprint density at radius 3 is 2.70 bits per heavy atom. The summed E-state index contributed by atoms with van der Waals surface area (Å²) in [6, 6.07) is 5.44. The predicted octanol–water partition coefficient (Wildman–Crippen LogP) is 5.50. The van der Waals surface area contributed by atoms with Gasteiger partial charge >= 0.3 is 5.97 Å². The number of benzene rings is 1. The normalized spacial score (nSPS) is 10.9. The van der Waals surface area contributed by atoms with E-state index in [1.165, 1.54) is 24.3 Å². The van der Waals surface area contributed by atoms with Gasteiger partial charge in [-0.3, -0.25) is 4.79 Å². The van der Waals surface area contributed by atoms with Gasteiger partial charge in [0, 0.05) is 10.1 Å². The molecule has 0 bridgehead atoms. The summed E-state index contributed by atoms with van der Waals surface area (Å²) in [4.78, 5) is 28.4. The molecule has 1 aromatic carbocycles. The number of hydrogen-bond acceptors (Lipinski definition) is 5. The van der Waals surface area contributed by atoms with Crippen LogP contribution in [-0.2, 0) is 9.53 Å². The number of ether oxygens (including phenoxy) is 1. The van der Waals surface area contributed by atoms with E-state index in [9.17, 15) is 14.0 Å². The second-order valence-electron chi connectivity index (χ2n) is 5.40. The first-order valence-electron chi connectivity index (χ1n) is 7.43. The van der Waals surface area contributed by atoms with Crippen LogP contribution in [0, 0.1) is 12.7 Å². The molecule has 5 nitrogen and oxygen atoms in total. The molecule has 0 aliphatic carbocycles. The monoisotopic (exact) mass is 446 g/mol. The fraction of sp³-hybridized carbons (Fsp3) is 0.118. The molecule has 0 radical (unpaired) electrons. The Balaban J connectivity index is 1.68. The van der Waals surface area contributed by atoms with Gasteiger partial charge in [-0.25, -0.2) is 14.2 Å². The molecule has 2 heterocycles. The number of amides is 1. The van der Waals surface area contributed by atoms with Crippen molar-refractivity contribution in [3.63, 3.8) is 0 Å². The third kappa shape index (κ3) is 4.32. The number of fused-ring (bicyclic) bond motifs is 1. The Bertz CT molecular complexity index is 1070. The molecule has 0 fully saturated rings. The van der Waals surface area contributed by atoms with Crippen LogP contribution in [0.25, 0.3) is 10.1 Å². The molecule has 27 heavy (non-hydrogen) atoms. The molecule has 2 aromatic heterocycles. The number of nitrogens with one attached hydrogen (secondary N) is 1. The first kappa shape index (κ1) is 19.8. The Kier molecular flexibility index (Phi) is 5.86. The van der Waals surface area contributed by atoms with Gasteiger partial charge < -0.3 is 10.1 Å². The average Bonchev–Trinajstić information content (AvgIpc) is 2.93. The summed E-state index contributed by atoms with van der Waals surface area (Å²) in [7, 11) is 0. The molecule has 0 atom stereocenters. The molecular weight excluding hydrogens is 438 g/mol. The first-order chi connectivity index (χ1) is 12.8. The molecule has 0 aliphatic rings. The number of hydrogen-bond donors (Lipinski definition) is 1. The largest absolute Gasteiger partial charge is 0.451 e. The van der Waals surface area contributed by atoms with E-state index in [1.807, 2.05) is 0 Å². The topological polar surface area (TPSA) is 68.3 Å². The van der Waals surface area contributed by atoms with E-state index < -0.39 is 24.3 Å². The van der Waals surface area contributed by atoms with Crippen molar-refractivity contribution in [3.05, 3.63) is 55.7 Å². The van der Waals surface area contributed by atoms with Crippen molar-refractivity contribution in [1.82, 2.24) is 4.98 Å². The Labute approximate surface area is 172 Å². The molecule has 1 amide bonds. The third-order valence-corrected chi connectivity index (χ3v) is 5.78. The van der Waals surface area contributed by atoms with Crippen LogP contribution in [0.5, 0.6) is 0 Å². The zero-order valence-corrected chi connectivity index (χ0v) is 16.7. The number of aromatic nitrogens is 1. The lowest BCUT2D eigenvalue weighted by Gasteiger charge is -2.08. The number of rotatable bonds is 4. The number of carbonyl (C=O) groups excluding carboxylic acids is 2. The minimum absolute atomic E-state index is 0.0866. The summed E-state index contributed by atoms with van der Waals surface area (Å²) in [6.07, 6.45) is 0. The maximum absolute atomic E-state index is 13.3. The number of anilines is 1. The van der Waals surface area contributed by atoms with Crippen LogP contribution in [0.3, 0.4) is 0 Å². The molecule has 0 aliphatic heterocycles. The minimum Gasteiger partial charge on any atom is -0.451 e. The molecule has 0 saturated carbocycles. The van der Waals surface area contributed by atoms with Gasteiger partial charge in [-0.05, 0) is 31.2 Å². The highest BCUT2D eigenvalue weighted by Gasteiger charge is 2.20. The number of pyridine rings is 1. The van der Waals surface area contributed by atoms with Crippen LogP contribution in [0.1, 0.15) is 15.4 Å². The summed E-state index contributed by atoms with van der Waals surface area (Å²) in [5.41, 5.74) is 0.484. The van der Waals surface area contributed by atoms with Gasteiger partial charge in [0.2, 0.25) is 0 Å². The zero-order chi connectivity index (χ0) is 19.7. The zero-order valence-electron chi connectivity index (χ0n) is 13.6. The maximum Gasteiger partial charge on any atom is 0.350 e. The van der Waals surface area contributed by atoms with Gasteiger partial charge in [-0.2, -0.15) is 0 Å². The molecular formula is C17H10Cl3FN2O3S. The van der Waals surface area contributed by atoms with Crippen LogP contribution in [0.2, 0.25) is 15.1 Å². The predicted molar refractivity (Wildman–Crippen MR) is 105 cm³/mol. The van der Waals surface area contributed by atoms with E-state index in [1.54, 1.807) is 6.92 Å². The van der Waals surface area contributed by atoms with Crippen molar-refractivity contribution < 1.29 is 18.7 Å². The summed E-state index contributed by atoms with van der Waals surface area (Å²) in [6.45, 7) is 1.08. The van der Waals surface area contributed by atoms with Crippen LogP contribution >= 0.6 is 46.1 Å². The standard InChI is InChI=1S/C17H10Cl3FN2O3S/c1-7-10(18)5-11(19)16(22-7)23-13(24)6-26-17(25)15-14(20)9-3-2-8(21)4-12(9)27-15/h2-5H,6H2,1H3,(H,22,23,24). The number of thiophene rings is 1. The van der Waals surface area contributed by atoms with Crippen LogP contribution in [-0.4, -0.2) is 23.5 Å². The molecule has 0 saturated heterocycles. The second-order valence-corrected chi connectivity index (χ2v) is 7.64. The van der Waals surface area contributed by atoms with Gasteiger partial charge in [-0.1, -0.05) is 34.8 Å². The number of carbonyl (C=O) groups is 2. The highest BCUT2D eigenvalue weighted by Crippen LogP contribution is 2.36. The quantitative estimate of drug-likeness (QED) is 0.536. The molecule has 10 heteroatoms. The van der Waals surface area contributed by atoms with Gasteiger partial charge in [0.25, 0.3) is 5.91 Å². The maximum atomic E-state index is 13.3. The average molecular weight is 448 g/mol. The highest BCUT2D eigenvalue weighted by molar-refractivity contribution is 7.21. The number of aryl methyl sites for hydroxylation is 1. The minimum atomic E-state index is -0.789. The van der Waals surface area contributed by atoms with E-state index in [0.717, 1.165) is 11.3 Å². The Morgan fingerprint density at radius 2 is 1.96 bits per heavy atom. The van der Waals surface area contributed by atoms with E-state index in [-0.39, 0.29) is 20.7 Å². The van der Waals surface area contributed by atoms with E-state index in [0.29, 0.717) is 20.8 Å². The van der Waals surface area contributed by atoms with E-state index in [4.69, 9.17) is 39.5 Å². The molecule has 3 rings (SSSR count). The van der Waals surface area contributed by atoms with Crippen LogP contribution in [0.15, 0.2) is 24.3 Å². The summed E-state index contributed by atoms with van der Waals surface area (Å²) < 4.78 is 18.8.